The second-order valence-corrected chi connectivity index (χ2v) is 6.26. The van der Waals surface area contributed by atoms with Gasteiger partial charge in [0, 0.05) is 0 Å². The minimum Gasteiger partial charge on any atom is -0.503 e. The number of halogens is 1. The van der Waals surface area contributed by atoms with Gasteiger partial charge in [-0.2, -0.15) is 5.10 Å². The van der Waals surface area contributed by atoms with Crippen molar-refractivity contribution in [3.63, 3.8) is 0 Å². The SMILES string of the molecule is COc1cc(C=NNC(=O)COc2cc(C)ccc2C)cc(Br)c1O. The summed E-state index contributed by atoms with van der Waals surface area (Å²) in [6.07, 6.45) is 1.45. The molecule has 0 spiro atoms. The van der Waals surface area contributed by atoms with E-state index in [4.69, 9.17) is 9.47 Å². The maximum absolute atomic E-state index is 11.8. The fourth-order valence-electron chi connectivity index (χ4n) is 2.04. The van der Waals surface area contributed by atoms with Gasteiger partial charge in [-0.3, -0.25) is 4.79 Å². The number of rotatable bonds is 6. The highest BCUT2D eigenvalue weighted by Crippen LogP contribution is 2.34. The van der Waals surface area contributed by atoms with Gasteiger partial charge in [0.05, 0.1) is 17.8 Å². The predicted octanol–water partition coefficient (Wildman–Crippen LogP) is 3.31. The van der Waals surface area contributed by atoms with E-state index in [2.05, 4.69) is 26.5 Å². The first-order valence-electron chi connectivity index (χ1n) is 7.49. The Morgan fingerprint density at radius 1 is 1.28 bits per heavy atom. The lowest BCUT2D eigenvalue weighted by molar-refractivity contribution is -0.123. The molecule has 0 aliphatic carbocycles. The maximum atomic E-state index is 11.8. The molecule has 2 aromatic rings. The van der Waals surface area contributed by atoms with Crippen LogP contribution in [0.2, 0.25) is 0 Å². The number of ether oxygens (including phenoxy) is 2. The number of methoxy groups -OCH3 is 1. The molecule has 0 atom stereocenters. The second kappa shape index (κ2) is 8.53. The molecule has 0 saturated carbocycles. The molecule has 0 bridgehead atoms. The van der Waals surface area contributed by atoms with Crippen molar-refractivity contribution in [1.29, 1.82) is 0 Å². The monoisotopic (exact) mass is 406 g/mol. The van der Waals surface area contributed by atoms with Crippen LogP contribution in [0, 0.1) is 13.8 Å². The van der Waals surface area contributed by atoms with Crippen LogP contribution in [-0.2, 0) is 4.79 Å². The maximum Gasteiger partial charge on any atom is 0.277 e. The number of aromatic hydroxyl groups is 1. The number of benzene rings is 2. The Kier molecular flexibility index (Phi) is 6.41. The van der Waals surface area contributed by atoms with Crippen LogP contribution in [0.25, 0.3) is 0 Å². The predicted molar refractivity (Wildman–Crippen MR) is 99.5 cm³/mol. The van der Waals surface area contributed by atoms with Gasteiger partial charge in [-0.1, -0.05) is 12.1 Å². The van der Waals surface area contributed by atoms with Gasteiger partial charge in [0.1, 0.15) is 5.75 Å². The van der Waals surface area contributed by atoms with E-state index in [0.29, 0.717) is 21.5 Å². The molecule has 2 rings (SSSR count). The van der Waals surface area contributed by atoms with Crippen molar-refractivity contribution >= 4 is 28.1 Å². The van der Waals surface area contributed by atoms with Crippen LogP contribution in [0.1, 0.15) is 16.7 Å². The minimum absolute atomic E-state index is 0.00519. The molecule has 0 aliphatic rings. The van der Waals surface area contributed by atoms with Crippen LogP contribution < -0.4 is 14.9 Å². The van der Waals surface area contributed by atoms with Gasteiger partial charge >= 0.3 is 0 Å². The zero-order valence-electron chi connectivity index (χ0n) is 14.2. The number of phenolic OH excluding ortho intramolecular Hbond substituents is 1. The van der Waals surface area contributed by atoms with Gasteiger partial charge in [0.2, 0.25) is 0 Å². The van der Waals surface area contributed by atoms with Crippen LogP contribution in [0.3, 0.4) is 0 Å². The summed E-state index contributed by atoms with van der Waals surface area (Å²) in [4.78, 5) is 11.8. The Labute approximate surface area is 154 Å². The van der Waals surface area contributed by atoms with E-state index in [1.54, 1.807) is 12.1 Å². The van der Waals surface area contributed by atoms with E-state index < -0.39 is 0 Å². The van der Waals surface area contributed by atoms with Gasteiger partial charge in [-0.25, -0.2) is 5.43 Å². The summed E-state index contributed by atoms with van der Waals surface area (Å²) in [5, 5.41) is 13.6. The number of hydrazone groups is 1. The van der Waals surface area contributed by atoms with Crippen molar-refractivity contribution in [3.8, 4) is 17.2 Å². The van der Waals surface area contributed by atoms with Crippen molar-refractivity contribution in [2.75, 3.05) is 13.7 Å². The molecule has 25 heavy (non-hydrogen) atoms. The average Bonchev–Trinajstić information content (AvgIpc) is 2.58. The van der Waals surface area contributed by atoms with Gasteiger partial charge in [0.15, 0.2) is 18.1 Å². The van der Waals surface area contributed by atoms with Crippen LogP contribution in [-0.4, -0.2) is 30.9 Å². The van der Waals surface area contributed by atoms with E-state index in [1.165, 1.54) is 13.3 Å². The molecule has 6 nitrogen and oxygen atoms in total. The van der Waals surface area contributed by atoms with Crippen molar-refractivity contribution in [3.05, 3.63) is 51.5 Å². The fourth-order valence-corrected chi connectivity index (χ4v) is 2.50. The Bertz CT molecular complexity index is 806. The largest absolute Gasteiger partial charge is 0.503 e. The Morgan fingerprint density at radius 2 is 2.04 bits per heavy atom. The molecule has 0 aliphatic heterocycles. The van der Waals surface area contributed by atoms with Crippen LogP contribution >= 0.6 is 15.9 Å². The Morgan fingerprint density at radius 3 is 2.76 bits per heavy atom. The fraction of sp³-hybridized carbons (Fsp3) is 0.222. The van der Waals surface area contributed by atoms with Crippen molar-refractivity contribution in [2.24, 2.45) is 5.10 Å². The van der Waals surface area contributed by atoms with Crippen molar-refractivity contribution in [2.45, 2.75) is 13.8 Å². The third-order valence-corrected chi connectivity index (χ3v) is 3.98. The number of aryl methyl sites for hydroxylation is 2. The molecule has 132 valence electrons. The molecular formula is C18H19BrN2O4. The third kappa shape index (κ3) is 5.22. The normalized spacial score (nSPS) is 10.7. The number of carbonyl (C=O) groups is 1. The molecule has 0 fully saturated rings. The lowest BCUT2D eigenvalue weighted by Crippen LogP contribution is -2.24. The number of nitrogens with one attached hydrogen (secondary N) is 1. The van der Waals surface area contributed by atoms with Crippen LogP contribution in [0.15, 0.2) is 39.9 Å². The zero-order valence-corrected chi connectivity index (χ0v) is 15.8. The lowest BCUT2D eigenvalue weighted by atomic mass is 10.1. The summed E-state index contributed by atoms with van der Waals surface area (Å²) in [6.45, 7) is 3.74. The molecule has 1 amide bonds. The first kappa shape index (κ1) is 18.8. The first-order valence-corrected chi connectivity index (χ1v) is 8.28. The summed E-state index contributed by atoms with van der Waals surface area (Å²) in [6, 6.07) is 9.06. The number of hydrogen-bond donors (Lipinski definition) is 2. The number of carbonyl (C=O) groups excluding carboxylic acids is 1. The van der Waals surface area contributed by atoms with Gasteiger partial charge in [-0.15, -0.1) is 0 Å². The molecule has 0 aromatic heterocycles. The molecule has 0 saturated heterocycles. The topological polar surface area (TPSA) is 80.2 Å². The smallest absolute Gasteiger partial charge is 0.277 e. The molecular weight excluding hydrogens is 388 g/mol. The van der Waals surface area contributed by atoms with Crippen LogP contribution in [0.5, 0.6) is 17.2 Å². The average molecular weight is 407 g/mol. The second-order valence-electron chi connectivity index (χ2n) is 5.40. The van der Waals surface area contributed by atoms with E-state index in [-0.39, 0.29) is 18.3 Å². The summed E-state index contributed by atoms with van der Waals surface area (Å²) in [5.41, 5.74) is 5.07. The van der Waals surface area contributed by atoms with E-state index in [9.17, 15) is 9.90 Å². The van der Waals surface area contributed by atoms with Gasteiger partial charge in [0.25, 0.3) is 5.91 Å². The molecule has 0 unspecified atom stereocenters. The number of hydrogen-bond acceptors (Lipinski definition) is 5. The molecule has 2 N–H and O–H groups in total. The molecule has 7 heteroatoms. The quantitative estimate of drug-likeness (QED) is 0.569. The van der Waals surface area contributed by atoms with E-state index in [0.717, 1.165) is 11.1 Å². The van der Waals surface area contributed by atoms with E-state index >= 15 is 0 Å². The molecule has 0 radical (unpaired) electrons. The molecule has 2 aromatic carbocycles. The number of phenols is 1. The van der Waals surface area contributed by atoms with Crippen molar-refractivity contribution < 1.29 is 19.4 Å². The minimum atomic E-state index is -0.373. The van der Waals surface area contributed by atoms with Crippen LogP contribution in [0.4, 0.5) is 0 Å². The lowest BCUT2D eigenvalue weighted by Gasteiger charge is -2.09. The first-order chi connectivity index (χ1) is 11.9. The summed E-state index contributed by atoms with van der Waals surface area (Å²) >= 11 is 3.22. The van der Waals surface area contributed by atoms with Gasteiger partial charge < -0.3 is 14.6 Å². The summed E-state index contributed by atoms with van der Waals surface area (Å²) < 4.78 is 11.0. The number of amides is 1. The van der Waals surface area contributed by atoms with Gasteiger partial charge in [-0.05, 0) is 64.7 Å². The highest BCUT2D eigenvalue weighted by atomic mass is 79.9. The summed E-state index contributed by atoms with van der Waals surface area (Å²) in [5.74, 6) is 0.610. The standard InChI is InChI=1S/C18H19BrN2O4/c1-11-4-5-12(2)15(6-11)25-10-17(22)21-20-9-13-7-14(19)18(23)16(8-13)24-3/h4-9,23H,10H2,1-3H3,(H,21,22). The Hall–Kier alpha value is -2.54. The Balaban J connectivity index is 1.92. The third-order valence-electron chi connectivity index (χ3n) is 3.38. The zero-order chi connectivity index (χ0) is 18.4. The van der Waals surface area contributed by atoms with Crippen molar-refractivity contribution in [1.82, 2.24) is 5.43 Å². The highest BCUT2D eigenvalue weighted by molar-refractivity contribution is 9.10. The molecule has 0 heterocycles. The van der Waals surface area contributed by atoms with E-state index in [1.807, 2.05) is 32.0 Å². The number of nitrogens with zero attached hydrogens (tertiary/aromatic N) is 1. The summed E-state index contributed by atoms with van der Waals surface area (Å²) in [7, 11) is 1.45. The highest BCUT2D eigenvalue weighted by Gasteiger charge is 2.08.